The predicted molar refractivity (Wildman–Crippen MR) is 68.2 cm³/mol. The molecule has 2 aromatic rings. The van der Waals surface area contributed by atoms with Crippen molar-refractivity contribution in [3.05, 3.63) is 54.1 Å². The molecule has 2 aromatic carbocycles. The SMILES string of the molecule is OCC1Cc2cc(Oc3ccccc3)ccc2O1. The highest BCUT2D eigenvalue weighted by Crippen LogP contribution is 2.33. The first-order valence-electron chi connectivity index (χ1n) is 5.98. The predicted octanol–water partition coefficient (Wildman–Crippen LogP) is 2.77. The number of hydrogen-bond donors (Lipinski definition) is 1. The lowest BCUT2D eigenvalue weighted by molar-refractivity contribution is 0.134. The summed E-state index contributed by atoms with van der Waals surface area (Å²) in [7, 11) is 0. The third-order valence-corrected chi connectivity index (χ3v) is 2.96. The molecule has 0 radical (unpaired) electrons. The summed E-state index contributed by atoms with van der Waals surface area (Å²) in [6.45, 7) is 0.0452. The Morgan fingerprint density at radius 1 is 1.11 bits per heavy atom. The van der Waals surface area contributed by atoms with Crippen LogP contribution in [0.1, 0.15) is 5.56 Å². The Hall–Kier alpha value is -2.00. The summed E-state index contributed by atoms with van der Waals surface area (Å²) in [5, 5.41) is 9.09. The summed E-state index contributed by atoms with van der Waals surface area (Å²) in [6, 6.07) is 15.4. The minimum atomic E-state index is -0.119. The zero-order valence-electron chi connectivity index (χ0n) is 9.87. The minimum absolute atomic E-state index is 0.0452. The number of aliphatic hydroxyl groups excluding tert-OH is 1. The van der Waals surface area contributed by atoms with Crippen molar-refractivity contribution < 1.29 is 14.6 Å². The van der Waals surface area contributed by atoms with Crippen molar-refractivity contribution in [3.8, 4) is 17.2 Å². The van der Waals surface area contributed by atoms with Crippen LogP contribution in [0.5, 0.6) is 17.2 Å². The fourth-order valence-corrected chi connectivity index (χ4v) is 2.09. The molecule has 1 aliphatic heterocycles. The highest BCUT2D eigenvalue weighted by atomic mass is 16.5. The quantitative estimate of drug-likeness (QED) is 0.899. The first-order chi connectivity index (χ1) is 8.85. The van der Waals surface area contributed by atoms with E-state index in [9.17, 15) is 0 Å². The monoisotopic (exact) mass is 242 g/mol. The van der Waals surface area contributed by atoms with Crippen molar-refractivity contribution in [2.75, 3.05) is 6.61 Å². The lowest BCUT2D eigenvalue weighted by Gasteiger charge is -2.07. The summed E-state index contributed by atoms with van der Waals surface area (Å²) in [5.41, 5.74) is 1.09. The van der Waals surface area contributed by atoms with Crippen LogP contribution in [0.15, 0.2) is 48.5 Å². The second-order valence-electron chi connectivity index (χ2n) is 4.31. The highest BCUT2D eigenvalue weighted by molar-refractivity contribution is 5.44. The number of rotatable bonds is 3. The molecular formula is C15H14O3. The molecule has 0 amide bonds. The van der Waals surface area contributed by atoms with E-state index in [-0.39, 0.29) is 12.7 Å². The van der Waals surface area contributed by atoms with Crippen molar-refractivity contribution in [3.63, 3.8) is 0 Å². The maximum atomic E-state index is 9.09. The number of hydrogen-bond acceptors (Lipinski definition) is 3. The van der Waals surface area contributed by atoms with Gasteiger partial charge < -0.3 is 14.6 Å². The van der Waals surface area contributed by atoms with Gasteiger partial charge in [0, 0.05) is 12.0 Å². The van der Waals surface area contributed by atoms with Crippen LogP contribution in [-0.2, 0) is 6.42 Å². The van der Waals surface area contributed by atoms with E-state index in [4.69, 9.17) is 14.6 Å². The van der Waals surface area contributed by atoms with Crippen LogP contribution in [0.4, 0.5) is 0 Å². The van der Waals surface area contributed by atoms with Gasteiger partial charge in [0.05, 0.1) is 6.61 Å². The van der Waals surface area contributed by atoms with Crippen LogP contribution >= 0.6 is 0 Å². The molecule has 1 unspecified atom stereocenters. The Balaban J connectivity index is 1.80. The molecule has 0 saturated carbocycles. The Kier molecular flexibility index (Phi) is 2.90. The lowest BCUT2D eigenvalue weighted by Crippen LogP contribution is -2.17. The largest absolute Gasteiger partial charge is 0.487 e. The van der Waals surface area contributed by atoms with Crippen LogP contribution in [0.25, 0.3) is 0 Å². The van der Waals surface area contributed by atoms with E-state index in [0.717, 1.165) is 29.2 Å². The van der Waals surface area contributed by atoms with Gasteiger partial charge in [0.15, 0.2) is 0 Å². The fourth-order valence-electron chi connectivity index (χ4n) is 2.09. The summed E-state index contributed by atoms with van der Waals surface area (Å²) in [5.74, 6) is 2.45. The van der Waals surface area contributed by atoms with Gasteiger partial charge in [-0.05, 0) is 30.3 Å². The van der Waals surface area contributed by atoms with Gasteiger partial charge >= 0.3 is 0 Å². The first-order valence-corrected chi connectivity index (χ1v) is 5.98. The molecule has 3 heteroatoms. The summed E-state index contributed by atoms with van der Waals surface area (Å²) in [4.78, 5) is 0. The lowest BCUT2D eigenvalue weighted by atomic mass is 10.1. The van der Waals surface area contributed by atoms with Crippen molar-refractivity contribution in [2.45, 2.75) is 12.5 Å². The zero-order valence-corrected chi connectivity index (χ0v) is 9.87. The first kappa shape index (κ1) is 11.1. The van der Waals surface area contributed by atoms with Gasteiger partial charge in [0.1, 0.15) is 23.4 Å². The summed E-state index contributed by atoms with van der Waals surface area (Å²) in [6.07, 6.45) is 0.615. The van der Waals surface area contributed by atoms with E-state index < -0.39 is 0 Å². The molecule has 18 heavy (non-hydrogen) atoms. The Bertz CT molecular complexity index is 537. The number of aliphatic hydroxyl groups is 1. The Morgan fingerprint density at radius 3 is 2.72 bits per heavy atom. The molecule has 1 atom stereocenters. The Morgan fingerprint density at radius 2 is 1.94 bits per heavy atom. The van der Waals surface area contributed by atoms with Crippen LogP contribution in [0, 0.1) is 0 Å². The molecule has 0 spiro atoms. The van der Waals surface area contributed by atoms with E-state index in [1.165, 1.54) is 0 Å². The fraction of sp³-hybridized carbons (Fsp3) is 0.200. The maximum Gasteiger partial charge on any atom is 0.127 e. The van der Waals surface area contributed by atoms with Gasteiger partial charge in [0.25, 0.3) is 0 Å². The smallest absolute Gasteiger partial charge is 0.127 e. The minimum Gasteiger partial charge on any atom is -0.487 e. The number of para-hydroxylation sites is 1. The van der Waals surface area contributed by atoms with Crippen LogP contribution in [0.3, 0.4) is 0 Å². The average Bonchev–Trinajstić information content (AvgIpc) is 2.82. The Labute approximate surface area is 106 Å². The second-order valence-corrected chi connectivity index (χ2v) is 4.31. The van der Waals surface area contributed by atoms with Crippen LogP contribution < -0.4 is 9.47 Å². The van der Waals surface area contributed by atoms with Gasteiger partial charge in [-0.15, -0.1) is 0 Å². The highest BCUT2D eigenvalue weighted by Gasteiger charge is 2.22. The van der Waals surface area contributed by atoms with Crippen molar-refractivity contribution in [1.29, 1.82) is 0 Å². The molecule has 3 nitrogen and oxygen atoms in total. The van der Waals surface area contributed by atoms with Crippen LogP contribution in [0.2, 0.25) is 0 Å². The molecule has 0 aliphatic carbocycles. The summed E-state index contributed by atoms with van der Waals surface area (Å²) >= 11 is 0. The van der Waals surface area contributed by atoms with E-state index in [1.807, 2.05) is 48.5 Å². The van der Waals surface area contributed by atoms with E-state index in [0.29, 0.717) is 0 Å². The molecule has 92 valence electrons. The maximum absolute atomic E-state index is 9.09. The number of ether oxygens (including phenoxy) is 2. The molecule has 1 heterocycles. The van der Waals surface area contributed by atoms with Crippen molar-refractivity contribution >= 4 is 0 Å². The molecular weight excluding hydrogens is 228 g/mol. The third-order valence-electron chi connectivity index (χ3n) is 2.96. The topological polar surface area (TPSA) is 38.7 Å². The molecule has 0 bridgehead atoms. The van der Waals surface area contributed by atoms with E-state index in [2.05, 4.69) is 0 Å². The third kappa shape index (κ3) is 2.17. The molecule has 0 saturated heterocycles. The van der Waals surface area contributed by atoms with Gasteiger partial charge in [-0.3, -0.25) is 0 Å². The van der Waals surface area contributed by atoms with Crippen LogP contribution in [-0.4, -0.2) is 17.8 Å². The molecule has 0 fully saturated rings. The zero-order chi connectivity index (χ0) is 12.4. The van der Waals surface area contributed by atoms with E-state index >= 15 is 0 Å². The van der Waals surface area contributed by atoms with Crippen molar-refractivity contribution in [2.24, 2.45) is 0 Å². The van der Waals surface area contributed by atoms with Crippen molar-refractivity contribution in [1.82, 2.24) is 0 Å². The molecule has 3 rings (SSSR count). The van der Waals surface area contributed by atoms with Gasteiger partial charge in [-0.25, -0.2) is 0 Å². The number of fused-ring (bicyclic) bond motifs is 1. The van der Waals surface area contributed by atoms with Gasteiger partial charge in [0.2, 0.25) is 0 Å². The second kappa shape index (κ2) is 4.70. The molecule has 1 aliphatic rings. The summed E-state index contributed by atoms with van der Waals surface area (Å²) < 4.78 is 11.3. The molecule has 1 N–H and O–H groups in total. The van der Waals surface area contributed by atoms with Gasteiger partial charge in [-0.1, -0.05) is 18.2 Å². The van der Waals surface area contributed by atoms with Gasteiger partial charge in [-0.2, -0.15) is 0 Å². The standard InChI is InChI=1S/C15H14O3/c16-10-14-9-11-8-13(6-7-15(11)18-14)17-12-4-2-1-3-5-12/h1-8,14,16H,9-10H2. The normalized spacial score (nSPS) is 17.1. The average molecular weight is 242 g/mol. The molecule has 0 aromatic heterocycles. The number of benzene rings is 2. The van der Waals surface area contributed by atoms with E-state index in [1.54, 1.807) is 0 Å².